The molecule has 0 aliphatic carbocycles. The number of imidazole rings is 1. The Kier molecular flexibility index (Phi) is 2.98. The van der Waals surface area contributed by atoms with Crippen LogP contribution in [0.3, 0.4) is 0 Å². The zero-order valence-corrected chi connectivity index (χ0v) is 9.41. The van der Waals surface area contributed by atoms with Gasteiger partial charge in [0.15, 0.2) is 5.65 Å². The van der Waals surface area contributed by atoms with E-state index in [1.165, 1.54) is 11.6 Å². The first-order valence-corrected chi connectivity index (χ1v) is 5.00. The summed E-state index contributed by atoms with van der Waals surface area (Å²) in [6.07, 6.45) is 3.16. The number of rotatable bonds is 3. The van der Waals surface area contributed by atoms with Crippen molar-refractivity contribution in [1.82, 2.24) is 19.5 Å². The predicted molar refractivity (Wildman–Crippen MR) is 65.0 cm³/mol. The second kappa shape index (κ2) is 4.60. The van der Waals surface area contributed by atoms with E-state index < -0.39 is 11.2 Å². The summed E-state index contributed by atoms with van der Waals surface area (Å²) in [5.74, 6) is 0.407. The van der Waals surface area contributed by atoms with Crippen LogP contribution >= 0.6 is 0 Å². The Balaban J connectivity index is 2.51. The summed E-state index contributed by atoms with van der Waals surface area (Å²) in [6, 6.07) is 0. The van der Waals surface area contributed by atoms with Crippen LogP contribution < -0.4 is 11.2 Å². The second-order valence-corrected chi connectivity index (χ2v) is 3.45. The van der Waals surface area contributed by atoms with Gasteiger partial charge in [-0.2, -0.15) is 0 Å². The number of nitrogens with one attached hydrogen (secondary N) is 2. The lowest BCUT2D eigenvalue weighted by Gasteiger charge is -1.94. The van der Waals surface area contributed by atoms with Gasteiger partial charge in [0.2, 0.25) is 0 Å². The number of nitrogens with zero attached hydrogens (tertiary/aromatic N) is 5. The van der Waals surface area contributed by atoms with E-state index in [4.69, 9.17) is 5.53 Å². The summed E-state index contributed by atoms with van der Waals surface area (Å²) in [4.78, 5) is 34.5. The minimum absolute atomic E-state index is 0.183. The highest BCUT2D eigenvalue weighted by Crippen LogP contribution is 2.04. The van der Waals surface area contributed by atoms with Crippen molar-refractivity contribution >= 4 is 17.2 Å². The molecule has 2 rings (SSSR count). The molecule has 0 fully saturated rings. The molecule has 2 aromatic heterocycles. The van der Waals surface area contributed by atoms with Crippen LogP contribution in [0.25, 0.3) is 27.7 Å². The number of aromatic nitrogens is 4. The molecule has 0 saturated carbocycles. The molecule has 2 heterocycles. The Morgan fingerprint density at radius 3 is 3.00 bits per heavy atom. The topological polar surface area (TPSA) is 132 Å². The number of hydrogen-bond acceptors (Lipinski definition) is 4. The minimum atomic E-state index is -0.524. The average molecular weight is 247 g/mol. The first kappa shape index (κ1) is 11.7. The van der Waals surface area contributed by atoms with Crippen molar-refractivity contribution < 1.29 is 0 Å². The molecule has 0 aliphatic rings. The molecule has 0 radical (unpaired) electrons. The summed E-state index contributed by atoms with van der Waals surface area (Å²) < 4.78 is 1.23. The maximum Gasteiger partial charge on any atom is 0.329 e. The Labute approximate surface area is 99.4 Å². The Morgan fingerprint density at radius 2 is 2.28 bits per heavy atom. The molecular formula is C9H9N7O2. The number of azide groups is 1. The molecule has 0 saturated heterocycles. The number of hydrogen-bond donors (Lipinski definition) is 2. The molecule has 0 bridgehead atoms. The van der Waals surface area contributed by atoms with E-state index in [9.17, 15) is 9.59 Å². The van der Waals surface area contributed by atoms with Crippen LogP contribution in [0.1, 0.15) is 5.82 Å². The van der Waals surface area contributed by atoms with Gasteiger partial charge >= 0.3 is 5.69 Å². The van der Waals surface area contributed by atoms with Crippen molar-refractivity contribution in [2.24, 2.45) is 12.2 Å². The zero-order chi connectivity index (χ0) is 13.1. The van der Waals surface area contributed by atoms with Gasteiger partial charge in [-0.3, -0.25) is 14.3 Å². The van der Waals surface area contributed by atoms with Crippen molar-refractivity contribution in [2.45, 2.75) is 0 Å². The number of fused-ring (bicyclic) bond motifs is 1. The Morgan fingerprint density at radius 1 is 1.50 bits per heavy atom. The van der Waals surface area contributed by atoms with Crippen molar-refractivity contribution in [3.05, 3.63) is 43.2 Å². The summed E-state index contributed by atoms with van der Waals surface area (Å²) in [7, 11) is 1.51. The quantitative estimate of drug-likeness (QED) is 0.458. The van der Waals surface area contributed by atoms with E-state index in [2.05, 4.69) is 25.0 Å². The van der Waals surface area contributed by atoms with Crippen molar-refractivity contribution in [1.29, 1.82) is 0 Å². The van der Waals surface area contributed by atoms with Gasteiger partial charge in [-0.05, 0) is 11.6 Å². The summed E-state index contributed by atoms with van der Waals surface area (Å²) in [6.45, 7) is 0.183. The first-order valence-electron chi connectivity index (χ1n) is 5.00. The van der Waals surface area contributed by atoms with Crippen LogP contribution in [0.4, 0.5) is 0 Å². The Hall–Kier alpha value is -2.80. The molecule has 0 unspecified atom stereocenters. The first-order chi connectivity index (χ1) is 8.63. The number of aromatic amines is 2. The van der Waals surface area contributed by atoms with Gasteiger partial charge in [-0.15, -0.1) is 0 Å². The highest BCUT2D eigenvalue weighted by Gasteiger charge is 2.08. The van der Waals surface area contributed by atoms with E-state index in [0.717, 1.165) is 0 Å². The largest absolute Gasteiger partial charge is 0.333 e. The van der Waals surface area contributed by atoms with Gasteiger partial charge in [0, 0.05) is 18.5 Å². The maximum atomic E-state index is 11.5. The molecular weight excluding hydrogens is 238 g/mol. The Bertz CT molecular complexity index is 772. The van der Waals surface area contributed by atoms with Gasteiger partial charge in [0.05, 0.1) is 0 Å². The molecule has 2 aromatic rings. The second-order valence-electron chi connectivity index (χ2n) is 3.45. The smallest absolute Gasteiger partial charge is 0.329 e. The lowest BCUT2D eigenvalue weighted by Crippen LogP contribution is -2.28. The van der Waals surface area contributed by atoms with Crippen molar-refractivity contribution in [3.63, 3.8) is 0 Å². The van der Waals surface area contributed by atoms with E-state index >= 15 is 0 Å². The molecule has 0 aromatic carbocycles. The van der Waals surface area contributed by atoms with E-state index in [1.807, 2.05) is 0 Å². The van der Waals surface area contributed by atoms with Crippen LogP contribution in [-0.4, -0.2) is 26.1 Å². The molecule has 9 nitrogen and oxygen atoms in total. The molecule has 0 amide bonds. The lowest BCUT2D eigenvalue weighted by molar-refractivity contribution is 0.832. The molecule has 18 heavy (non-hydrogen) atoms. The van der Waals surface area contributed by atoms with Crippen LogP contribution in [0.2, 0.25) is 0 Å². The highest BCUT2D eigenvalue weighted by molar-refractivity contribution is 5.71. The lowest BCUT2D eigenvalue weighted by atomic mass is 10.5. The predicted octanol–water partition coefficient (Wildman–Crippen LogP) is 0.273. The molecule has 9 heteroatoms. The molecule has 0 atom stereocenters. The fourth-order valence-electron chi connectivity index (χ4n) is 1.45. The van der Waals surface area contributed by atoms with Gasteiger partial charge in [0.1, 0.15) is 11.3 Å². The average Bonchev–Trinajstić information content (AvgIpc) is 2.77. The normalized spacial score (nSPS) is 10.9. The van der Waals surface area contributed by atoms with Crippen molar-refractivity contribution in [3.8, 4) is 0 Å². The van der Waals surface area contributed by atoms with Gasteiger partial charge in [0.25, 0.3) is 5.56 Å². The SMILES string of the molecule is Cn1c(=O)[nH]c(=O)c2[nH]c(C=CCN=[N+]=[N-])nc21. The monoisotopic (exact) mass is 247 g/mol. The third kappa shape index (κ3) is 2.02. The van der Waals surface area contributed by atoms with Crippen LogP contribution in [0, 0.1) is 0 Å². The third-order valence-corrected chi connectivity index (χ3v) is 2.30. The molecule has 0 aliphatic heterocycles. The molecule has 2 N–H and O–H groups in total. The van der Waals surface area contributed by atoms with Gasteiger partial charge in [-0.25, -0.2) is 9.78 Å². The minimum Gasteiger partial charge on any atom is -0.333 e. The summed E-state index contributed by atoms with van der Waals surface area (Å²) in [5.41, 5.74) is 7.55. The third-order valence-electron chi connectivity index (χ3n) is 2.30. The summed E-state index contributed by atoms with van der Waals surface area (Å²) in [5, 5.41) is 3.32. The summed E-state index contributed by atoms with van der Waals surface area (Å²) >= 11 is 0. The fourth-order valence-corrected chi connectivity index (χ4v) is 1.45. The number of aryl methyl sites for hydroxylation is 1. The van der Waals surface area contributed by atoms with E-state index in [0.29, 0.717) is 5.82 Å². The van der Waals surface area contributed by atoms with E-state index in [1.54, 1.807) is 12.2 Å². The van der Waals surface area contributed by atoms with Crippen molar-refractivity contribution in [2.75, 3.05) is 6.54 Å². The zero-order valence-electron chi connectivity index (χ0n) is 9.41. The van der Waals surface area contributed by atoms with Crippen LogP contribution in [0.5, 0.6) is 0 Å². The molecule has 92 valence electrons. The maximum absolute atomic E-state index is 11.5. The van der Waals surface area contributed by atoms with Gasteiger partial charge < -0.3 is 4.98 Å². The van der Waals surface area contributed by atoms with Crippen LogP contribution in [-0.2, 0) is 7.05 Å². The van der Waals surface area contributed by atoms with Gasteiger partial charge in [-0.1, -0.05) is 11.2 Å². The standard InChI is InChI=1S/C9H9N7O2/c1-16-7-6(8(17)14-9(16)18)12-5(13-7)3-2-4-11-15-10/h2-3H,4H2,1H3,(H,12,13)(H,14,17,18). The number of H-pyrrole nitrogens is 2. The van der Waals surface area contributed by atoms with E-state index in [-0.39, 0.29) is 17.7 Å². The molecule has 0 spiro atoms. The highest BCUT2D eigenvalue weighted by atomic mass is 16.2. The fraction of sp³-hybridized carbons (Fsp3) is 0.222. The van der Waals surface area contributed by atoms with Crippen LogP contribution in [0.15, 0.2) is 20.8 Å².